The fourth-order valence-electron chi connectivity index (χ4n) is 1.62. The van der Waals surface area contributed by atoms with Crippen LogP contribution in [-0.2, 0) is 6.61 Å². The number of rotatable bonds is 5. The summed E-state index contributed by atoms with van der Waals surface area (Å²) >= 11 is 6.88. The molecule has 6 heteroatoms. The molecule has 2 rings (SSSR count). The molecule has 4 nitrogen and oxygen atoms in total. The third-order valence-corrected chi connectivity index (χ3v) is 3.91. The summed E-state index contributed by atoms with van der Waals surface area (Å²) in [5.41, 5.74) is 1.79. The second-order valence-corrected chi connectivity index (χ2v) is 5.96. The lowest BCUT2D eigenvalue weighted by molar-refractivity contribution is -0.400. The quantitative estimate of drug-likeness (QED) is 0.510. The second-order valence-electron chi connectivity index (χ2n) is 4.19. The van der Waals surface area contributed by atoms with Gasteiger partial charge in [-0.05, 0) is 29.8 Å². The molecule has 0 saturated carbocycles. The Morgan fingerprint density at radius 2 is 1.86 bits per heavy atom. The monoisotopic (exact) mass is 411 g/mol. The molecule has 0 fully saturated rings. The van der Waals surface area contributed by atoms with Crippen LogP contribution >= 0.6 is 31.9 Å². The van der Waals surface area contributed by atoms with Crippen molar-refractivity contribution in [1.29, 1.82) is 0 Å². The zero-order valence-corrected chi connectivity index (χ0v) is 14.0. The van der Waals surface area contributed by atoms with E-state index in [2.05, 4.69) is 31.9 Å². The lowest BCUT2D eigenvalue weighted by Gasteiger charge is -2.08. The maximum absolute atomic E-state index is 10.2. The predicted octanol–water partition coefficient (Wildman–Crippen LogP) is 5.04. The molecule has 0 saturated heterocycles. The molecule has 2 aromatic carbocycles. The van der Waals surface area contributed by atoms with Crippen LogP contribution in [0.15, 0.2) is 57.6 Å². The summed E-state index contributed by atoms with van der Waals surface area (Å²) in [5, 5.41) is 10.2. The molecule has 0 radical (unpaired) electrons. The molecule has 108 valence electrons. The number of hydrogen-bond acceptors (Lipinski definition) is 3. The van der Waals surface area contributed by atoms with Crippen LogP contribution in [-0.4, -0.2) is 4.92 Å². The first kappa shape index (κ1) is 15.7. The summed E-state index contributed by atoms with van der Waals surface area (Å²) in [6, 6.07) is 13.0. The van der Waals surface area contributed by atoms with Crippen LogP contribution in [0.25, 0.3) is 6.08 Å². The van der Waals surface area contributed by atoms with E-state index in [0.29, 0.717) is 12.4 Å². The highest BCUT2D eigenvalue weighted by molar-refractivity contribution is 9.11. The van der Waals surface area contributed by atoms with Crippen LogP contribution in [0.1, 0.15) is 11.1 Å². The number of ether oxygens (including phenoxy) is 1. The van der Waals surface area contributed by atoms with E-state index in [-0.39, 0.29) is 0 Å². The van der Waals surface area contributed by atoms with Crippen molar-refractivity contribution in [3.05, 3.63) is 78.9 Å². The standard InChI is InChI=1S/C15H11Br2NO3/c16-13-4-3-12(15(17)9-13)10-21-14-5-1-11(2-6-14)7-8-18(19)20/h1-9H,10H2/b8-7+. The van der Waals surface area contributed by atoms with Gasteiger partial charge in [0.15, 0.2) is 0 Å². The molecule has 0 aliphatic rings. The maximum Gasteiger partial charge on any atom is 0.235 e. The van der Waals surface area contributed by atoms with Crippen molar-refractivity contribution in [1.82, 2.24) is 0 Å². The minimum Gasteiger partial charge on any atom is -0.489 e. The van der Waals surface area contributed by atoms with Crippen molar-refractivity contribution < 1.29 is 9.66 Å². The molecule has 0 amide bonds. The second kappa shape index (κ2) is 7.38. The van der Waals surface area contributed by atoms with Gasteiger partial charge in [-0.25, -0.2) is 0 Å². The molecule has 21 heavy (non-hydrogen) atoms. The minimum absolute atomic E-state index is 0.442. The molecule has 0 heterocycles. The lowest BCUT2D eigenvalue weighted by Crippen LogP contribution is -1.96. The Hall–Kier alpha value is -1.66. The highest BCUT2D eigenvalue weighted by Crippen LogP contribution is 2.23. The lowest BCUT2D eigenvalue weighted by atomic mass is 10.2. The Kier molecular flexibility index (Phi) is 5.52. The van der Waals surface area contributed by atoms with Crippen LogP contribution in [0.2, 0.25) is 0 Å². The summed E-state index contributed by atoms with van der Waals surface area (Å²) < 4.78 is 7.66. The third-order valence-electron chi connectivity index (χ3n) is 2.68. The van der Waals surface area contributed by atoms with E-state index in [1.807, 2.05) is 18.2 Å². The largest absolute Gasteiger partial charge is 0.489 e. The van der Waals surface area contributed by atoms with Gasteiger partial charge in [-0.15, -0.1) is 0 Å². The first-order chi connectivity index (χ1) is 10.0. The smallest absolute Gasteiger partial charge is 0.235 e. The van der Waals surface area contributed by atoms with Crippen LogP contribution < -0.4 is 4.74 Å². The molecular weight excluding hydrogens is 402 g/mol. The van der Waals surface area contributed by atoms with Gasteiger partial charge in [0.2, 0.25) is 6.20 Å². The summed E-state index contributed by atoms with van der Waals surface area (Å²) in [5.74, 6) is 0.711. The minimum atomic E-state index is -0.491. The van der Waals surface area contributed by atoms with Crippen LogP contribution in [0.4, 0.5) is 0 Å². The van der Waals surface area contributed by atoms with E-state index >= 15 is 0 Å². The summed E-state index contributed by atoms with van der Waals surface area (Å²) in [7, 11) is 0. The molecule has 0 atom stereocenters. The van der Waals surface area contributed by atoms with Gasteiger partial charge in [-0.1, -0.05) is 50.1 Å². The molecule has 0 aromatic heterocycles. The average Bonchev–Trinajstić information content (AvgIpc) is 2.45. The maximum atomic E-state index is 10.2. The molecule has 0 aliphatic heterocycles. The van der Waals surface area contributed by atoms with Gasteiger partial charge >= 0.3 is 0 Å². The van der Waals surface area contributed by atoms with Crippen molar-refractivity contribution in [2.24, 2.45) is 0 Å². The van der Waals surface area contributed by atoms with Gasteiger partial charge in [0.1, 0.15) is 12.4 Å². The van der Waals surface area contributed by atoms with E-state index in [0.717, 1.165) is 26.3 Å². The van der Waals surface area contributed by atoms with E-state index in [1.54, 1.807) is 24.3 Å². The number of hydrogen-bond donors (Lipinski definition) is 0. The molecule has 0 N–H and O–H groups in total. The Morgan fingerprint density at radius 3 is 2.48 bits per heavy atom. The van der Waals surface area contributed by atoms with Gasteiger partial charge in [0.25, 0.3) is 0 Å². The van der Waals surface area contributed by atoms with Crippen LogP contribution in [0.3, 0.4) is 0 Å². The van der Waals surface area contributed by atoms with Gasteiger partial charge in [-0.3, -0.25) is 10.1 Å². The van der Waals surface area contributed by atoms with E-state index in [9.17, 15) is 10.1 Å². The molecule has 0 aliphatic carbocycles. The zero-order chi connectivity index (χ0) is 15.2. The predicted molar refractivity (Wildman–Crippen MR) is 88.6 cm³/mol. The summed E-state index contributed by atoms with van der Waals surface area (Å²) in [4.78, 5) is 9.75. The van der Waals surface area contributed by atoms with E-state index < -0.39 is 4.92 Å². The molecular formula is C15H11Br2NO3. The highest BCUT2D eigenvalue weighted by Gasteiger charge is 2.02. The topological polar surface area (TPSA) is 52.4 Å². The SMILES string of the molecule is O=[N+]([O-])/C=C/c1ccc(OCc2ccc(Br)cc2Br)cc1. The average molecular weight is 413 g/mol. The van der Waals surface area contributed by atoms with E-state index in [4.69, 9.17) is 4.74 Å². The fourth-order valence-corrected chi connectivity index (χ4v) is 2.78. The van der Waals surface area contributed by atoms with Crippen molar-refractivity contribution >= 4 is 37.9 Å². The van der Waals surface area contributed by atoms with Gasteiger partial charge in [0.05, 0.1) is 4.92 Å². The summed E-state index contributed by atoms with van der Waals surface area (Å²) in [6.07, 6.45) is 2.35. The number of nitro groups is 1. The fraction of sp³-hybridized carbons (Fsp3) is 0.0667. The summed E-state index contributed by atoms with van der Waals surface area (Å²) in [6.45, 7) is 0.442. The van der Waals surface area contributed by atoms with Crippen molar-refractivity contribution in [2.75, 3.05) is 0 Å². The van der Waals surface area contributed by atoms with Crippen molar-refractivity contribution in [3.63, 3.8) is 0 Å². The highest BCUT2D eigenvalue weighted by atomic mass is 79.9. The molecule has 0 bridgehead atoms. The van der Waals surface area contributed by atoms with Gasteiger partial charge in [0, 0.05) is 20.6 Å². The molecule has 2 aromatic rings. The van der Waals surface area contributed by atoms with Gasteiger partial charge < -0.3 is 4.74 Å². The first-order valence-electron chi connectivity index (χ1n) is 6.03. The van der Waals surface area contributed by atoms with Crippen LogP contribution in [0, 0.1) is 10.1 Å². The number of nitrogens with zero attached hydrogens (tertiary/aromatic N) is 1. The Balaban J connectivity index is 1.99. The van der Waals surface area contributed by atoms with Crippen LogP contribution in [0.5, 0.6) is 5.75 Å². The Morgan fingerprint density at radius 1 is 1.14 bits per heavy atom. The number of benzene rings is 2. The van der Waals surface area contributed by atoms with Gasteiger partial charge in [-0.2, -0.15) is 0 Å². The zero-order valence-electron chi connectivity index (χ0n) is 10.8. The Labute approximate surface area is 138 Å². The van der Waals surface area contributed by atoms with E-state index in [1.165, 1.54) is 6.08 Å². The van der Waals surface area contributed by atoms with Crippen molar-refractivity contribution in [2.45, 2.75) is 6.61 Å². The number of halogens is 2. The molecule has 0 spiro atoms. The van der Waals surface area contributed by atoms with Crippen molar-refractivity contribution in [3.8, 4) is 5.75 Å². The first-order valence-corrected chi connectivity index (χ1v) is 7.62. The normalized spacial score (nSPS) is 10.8. The third kappa shape index (κ3) is 4.99. The molecule has 0 unspecified atom stereocenters. The Bertz CT molecular complexity index is 669.